The molecular weight excluding hydrogens is 427 g/mol. The Kier molecular flexibility index (Phi) is 6.39. The molecule has 0 radical (unpaired) electrons. The molecule has 1 aliphatic carbocycles. The van der Waals surface area contributed by atoms with Gasteiger partial charge in [-0.2, -0.15) is 0 Å². The number of nitrogens with zero attached hydrogens (tertiary/aromatic N) is 2. The summed E-state index contributed by atoms with van der Waals surface area (Å²) in [5, 5.41) is 3.94. The van der Waals surface area contributed by atoms with Crippen LogP contribution in [0.25, 0.3) is 33.4 Å². The second-order valence-corrected chi connectivity index (χ2v) is 9.34. The van der Waals surface area contributed by atoms with Gasteiger partial charge in [-0.15, -0.1) is 0 Å². The van der Waals surface area contributed by atoms with Crippen molar-refractivity contribution in [1.82, 2.24) is 15.0 Å². The third-order valence-corrected chi connectivity index (χ3v) is 6.87. The fourth-order valence-corrected chi connectivity index (χ4v) is 5.07. The molecule has 0 spiro atoms. The van der Waals surface area contributed by atoms with E-state index in [-0.39, 0.29) is 17.6 Å². The first-order chi connectivity index (χ1) is 16.6. The predicted octanol–water partition coefficient (Wildman–Crippen LogP) is 6.98. The number of nitrogens with one attached hydrogen (secondary N) is 2. The number of benzene rings is 1. The lowest BCUT2D eigenvalue weighted by Crippen LogP contribution is -2.24. The molecule has 1 atom stereocenters. The predicted molar refractivity (Wildman–Crippen MR) is 134 cm³/mol. The van der Waals surface area contributed by atoms with Crippen LogP contribution >= 0.6 is 0 Å². The Morgan fingerprint density at radius 2 is 1.76 bits per heavy atom. The molecule has 1 aliphatic rings. The van der Waals surface area contributed by atoms with E-state index in [9.17, 15) is 9.18 Å². The zero-order valence-corrected chi connectivity index (χ0v) is 19.4. The van der Waals surface area contributed by atoms with Crippen LogP contribution in [0.2, 0.25) is 0 Å². The van der Waals surface area contributed by atoms with Crippen molar-refractivity contribution in [3.63, 3.8) is 0 Å². The second-order valence-electron chi connectivity index (χ2n) is 9.34. The minimum Gasteiger partial charge on any atom is -0.339 e. The first kappa shape index (κ1) is 22.3. The van der Waals surface area contributed by atoms with Gasteiger partial charge in [-0.05, 0) is 72.0 Å². The van der Waals surface area contributed by atoms with Gasteiger partial charge >= 0.3 is 0 Å². The zero-order chi connectivity index (χ0) is 23.5. The van der Waals surface area contributed by atoms with E-state index in [4.69, 9.17) is 4.98 Å². The van der Waals surface area contributed by atoms with Gasteiger partial charge < -0.3 is 10.3 Å². The Morgan fingerprint density at radius 1 is 1.03 bits per heavy atom. The van der Waals surface area contributed by atoms with Crippen LogP contribution in [-0.4, -0.2) is 20.9 Å². The van der Waals surface area contributed by atoms with Crippen LogP contribution in [-0.2, 0) is 4.79 Å². The van der Waals surface area contributed by atoms with Crippen LogP contribution in [0.4, 0.5) is 10.2 Å². The maximum absolute atomic E-state index is 13.5. The van der Waals surface area contributed by atoms with E-state index in [1.165, 1.54) is 44.2 Å². The summed E-state index contributed by atoms with van der Waals surface area (Å²) in [6.45, 7) is 2.01. The number of halogens is 1. The first-order valence-electron chi connectivity index (χ1n) is 12.1. The number of pyridine rings is 2. The number of amides is 1. The van der Waals surface area contributed by atoms with Crippen molar-refractivity contribution in [3.05, 3.63) is 66.7 Å². The highest BCUT2D eigenvalue weighted by molar-refractivity contribution is 6.03. The van der Waals surface area contributed by atoms with Gasteiger partial charge in [-0.3, -0.25) is 9.78 Å². The average Bonchev–Trinajstić information content (AvgIpc) is 3.24. The molecule has 0 saturated heterocycles. The van der Waals surface area contributed by atoms with Gasteiger partial charge in [-0.1, -0.05) is 39.0 Å². The standard InChI is InChI=1S/C28H29FN4O/c1-18(17-19-5-3-2-4-6-19)28(34)32-24-12-11-23-25(20-13-15-30-16-14-20)26(33-27(23)31-24)21-7-9-22(29)10-8-21/h7-16,18-19H,2-6,17H2,1H3,(H2,31,32,33,34)/t18-/m0/s1. The molecule has 3 heterocycles. The maximum atomic E-state index is 13.5. The molecule has 2 N–H and O–H groups in total. The molecule has 3 aromatic heterocycles. The molecule has 174 valence electrons. The molecule has 0 aliphatic heterocycles. The maximum Gasteiger partial charge on any atom is 0.228 e. The fraction of sp³-hybridized carbons (Fsp3) is 0.321. The summed E-state index contributed by atoms with van der Waals surface area (Å²) in [6.07, 6.45) is 10.8. The number of hydrogen-bond acceptors (Lipinski definition) is 3. The number of carbonyl (C=O) groups is 1. The van der Waals surface area contributed by atoms with Crippen molar-refractivity contribution in [2.45, 2.75) is 45.4 Å². The Bertz CT molecular complexity index is 1280. The van der Waals surface area contributed by atoms with Gasteiger partial charge in [-0.25, -0.2) is 9.37 Å². The lowest BCUT2D eigenvalue weighted by atomic mass is 9.83. The van der Waals surface area contributed by atoms with E-state index in [1.54, 1.807) is 24.5 Å². The van der Waals surface area contributed by atoms with E-state index in [0.717, 1.165) is 34.2 Å². The van der Waals surface area contributed by atoms with E-state index in [2.05, 4.69) is 15.3 Å². The van der Waals surface area contributed by atoms with Crippen LogP contribution < -0.4 is 5.32 Å². The molecule has 1 fully saturated rings. The number of H-pyrrole nitrogens is 1. The molecular formula is C28H29FN4O. The zero-order valence-electron chi connectivity index (χ0n) is 19.4. The minimum absolute atomic E-state index is 0.0112. The van der Waals surface area contributed by atoms with Crippen molar-refractivity contribution in [2.24, 2.45) is 11.8 Å². The molecule has 0 unspecified atom stereocenters. The molecule has 1 aromatic carbocycles. The number of fused-ring (bicyclic) bond motifs is 1. The number of aromatic amines is 1. The van der Waals surface area contributed by atoms with Gasteiger partial charge in [0.2, 0.25) is 5.91 Å². The van der Waals surface area contributed by atoms with Gasteiger partial charge in [0, 0.05) is 29.3 Å². The van der Waals surface area contributed by atoms with Crippen molar-refractivity contribution in [3.8, 4) is 22.4 Å². The van der Waals surface area contributed by atoms with Gasteiger partial charge in [0.1, 0.15) is 17.3 Å². The molecule has 1 saturated carbocycles. The highest BCUT2D eigenvalue weighted by Crippen LogP contribution is 2.38. The third-order valence-electron chi connectivity index (χ3n) is 6.87. The van der Waals surface area contributed by atoms with Crippen LogP contribution in [0, 0.1) is 17.7 Å². The lowest BCUT2D eigenvalue weighted by Gasteiger charge is -2.24. The van der Waals surface area contributed by atoms with Crippen molar-refractivity contribution in [1.29, 1.82) is 0 Å². The van der Waals surface area contributed by atoms with Crippen molar-refractivity contribution >= 4 is 22.8 Å². The van der Waals surface area contributed by atoms with Crippen molar-refractivity contribution < 1.29 is 9.18 Å². The molecule has 1 amide bonds. The quantitative estimate of drug-likeness (QED) is 0.329. The summed E-state index contributed by atoms with van der Waals surface area (Å²) in [4.78, 5) is 25.1. The Balaban J connectivity index is 1.45. The van der Waals surface area contributed by atoms with E-state index >= 15 is 0 Å². The highest BCUT2D eigenvalue weighted by Gasteiger charge is 2.22. The largest absolute Gasteiger partial charge is 0.339 e. The number of aromatic nitrogens is 3. The van der Waals surface area contributed by atoms with Gasteiger partial charge in [0.25, 0.3) is 0 Å². The van der Waals surface area contributed by atoms with E-state index < -0.39 is 0 Å². The third kappa shape index (κ3) is 4.72. The monoisotopic (exact) mass is 456 g/mol. The van der Waals surface area contributed by atoms with E-state index in [1.807, 2.05) is 31.2 Å². The van der Waals surface area contributed by atoms with Gasteiger partial charge in [0.05, 0.1) is 5.69 Å². The molecule has 0 bridgehead atoms. The van der Waals surface area contributed by atoms with Gasteiger partial charge in [0.15, 0.2) is 0 Å². The summed E-state index contributed by atoms with van der Waals surface area (Å²) >= 11 is 0. The second kappa shape index (κ2) is 9.75. The van der Waals surface area contributed by atoms with Crippen LogP contribution in [0.15, 0.2) is 60.9 Å². The summed E-state index contributed by atoms with van der Waals surface area (Å²) in [5.74, 6) is 0.856. The SMILES string of the molecule is C[C@@H](CC1CCCCC1)C(=O)Nc1ccc2c(-c3ccncc3)c(-c3ccc(F)cc3)[nH]c2n1. The van der Waals surface area contributed by atoms with Crippen LogP contribution in [0.5, 0.6) is 0 Å². The molecule has 34 heavy (non-hydrogen) atoms. The topological polar surface area (TPSA) is 70.7 Å². The smallest absolute Gasteiger partial charge is 0.228 e. The van der Waals surface area contributed by atoms with Crippen LogP contribution in [0.3, 0.4) is 0 Å². The fourth-order valence-electron chi connectivity index (χ4n) is 5.07. The minimum atomic E-state index is -0.282. The average molecular weight is 457 g/mol. The first-order valence-corrected chi connectivity index (χ1v) is 12.1. The van der Waals surface area contributed by atoms with Crippen molar-refractivity contribution in [2.75, 3.05) is 5.32 Å². The van der Waals surface area contributed by atoms with E-state index in [0.29, 0.717) is 17.4 Å². The number of carbonyl (C=O) groups excluding carboxylic acids is 1. The summed E-state index contributed by atoms with van der Waals surface area (Å²) in [7, 11) is 0. The summed E-state index contributed by atoms with van der Waals surface area (Å²) < 4.78 is 13.5. The summed E-state index contributed by atoms with van der Waals surface area (Å²) in [6, 6.07) is 14.1. The van der Waals surface area contributed by atoms with Crippen LogP contribution in [0.1, 0.15) is 45.4 Å². The lowest BCUT2D eigenvalue weighted by molar-refractivity contribution is -0.120. The highest BCUT2D eigenvalue weighted by atomic mass is 19.1. The normalized spacial score (nSPS) is 15.4. The molecule has 5 nitrogen and oxygen atoms in total. The Labute approximate surface area is 198 Å². The molecule has 6 heteroatoms. The number of hydrogen-bond donors (Lipinski definition) is 2. The number of rotatable bonds is 6. The Hall–Kier alpha value is -3.54. The number of anilines is 1. The molecule has 4 aromatic rings. The molecule has 5 rings (SSSR count). The Morgan fingerprint density at radius 3 is 2.50 bits per heavy atom. The summed E-state index contributed by atoms with van der Waals surface area (Å²) in [5.41, 5.74) is 4.34.